The third-order valence-electron chi connectivity index (χ3n) is 4.57. The van der Waals surface area contributed by atoms with Crippen LogP contribution in [0.3, 0.4) is 0 Å². The molecule has 6 nitrogen and oxygen atoms in total. The highest BCUT2D eigenvalue weighted by molar-refractivity contribution is 5.91. The maximum atomic E-state index is 12.5. The van der Waals surface area contributed by atoms with Crippen molar-refractivity contribution in [3.05, 3.63) is 24.3 Å². The molecule has 0 aromatic heterocycles. The molecule has 1 aromatic carbocycles. The fraction of sp³-hybridized carbons (Fsp3) is 0.619. The third kappa shape index (κ3) is 7.49. The number of hydrogen-bond donors (Lipinski definition) is 1. The zero-order valence-electron chi connectivity index (χ0n) is 16.7. The van der Waals surface area contributed by atoms with E-state index in [1.165, 1.54) is 6.42 Å². The Bertz CT molecular complexity index is 614. The summed E-state index contributed by atoms with van der Waals surface area (Å²) < 4.78 is 16.0. The molecule has 0 radical (unpaired) electrons. The molecule has 2 rings (SSSR count). The SMILES string of the molecule is COc1ccc(NC(=O)CC(OC(=O)OC(C)(C)C)C2CCCCC2)cc1. The van der Waals surface area contributed by atoms with Crippen LogP contribution in [0.15, 0.2) is 24.3 Å². The number of methoxy groups -OCH3 is 1. The van der Waals surface area contributed by atoms with Crippen LogP contribution in [0, 0.1) is 5.92 Å². The largest absolute Gasteiger partial charge is 0.509 e. The molecule has 0 heterocycles. The lowest BCUT2D eigenvalue weighted by Crippen LogP contribution is -2.35. The number of carbonyl (C=O) groups excluding carboxylic acids is 2. The van der Waals surface area contributed by atoms with Gasteiger partial charge in [-0.25, -0.2) is 4.79 Å². The van der Waals surface area contributed by atoms with Gasteiger partial charge in [0.1, 0.15) is 17.5 Å². The molecule has 1 aliphatic carbocycles. The van der Waals surface area contributed by atoms with Crippen molar-refractivity contribution in [2.75, 3.05) is 12.4 Å². The van der Waals surface area contributed by atoms with Crippen LogP contribution in [-0.2, 0) is 14.3 Å². The Balaban J connectivity index is 1.98. The molecule has 1 aromatic rings. The van der Waals surface area contributed by atoms with Crippen molar-refractivity contribution >= 4 is 17.7 Å². The molecule has 27 heavy (non-hydrogen) atoms. The topological polar surface area (TPSA) is 73.9 Å². The van der Waals surface area contributed by atoms with Gasteiger partial charge in [0.2, 0.25) is 5.91 Å². The number of anilines is 1. The van der Waals surface area contributed by atoms with Gasteiger partial charge < -0.3 is 19.5 Å². The molecule has 0 aliphatic heterocycles. The molecule has 1 N–H and O–H groups in total. The van der Waals surface area contributed by atoms with Crippen LogP contribution in [0.5, 0.6) is 5.75 Å². The van der Waals surface area contributed by atoms with Crippen LogP contribution in [0.1, 0.15) is 59.3 Å². The van der Waals surface area contributed by atoms with Crippen LogP contribution in [0.25, 0.3) is 0 Å². The number of nitrogens with one attached hydrogen (secondary N) is 1. The lowest BCUT2D eigenvalue weighted by atomic mass is 9.84. The van der Waals surface area contributed by atoms with E-state index in [1.54, 1.807) is 52.1 Å². The average molecular weight is 377 g/mol. The summed E-state index contributed by atoms with van der Waals surface area (Å²) in [5, 5.41) is 2.86. The zero-order chi connectivity index (χ0) is 19.9. The Hall–Kier alpha value is -2.24. The van der Waals surface area contributed by atoms with Gasteiger partial charge >= 0.3 is 6.16 Å². The predicted molar refractivity (Wildman–Crippen MR) is 104 cm³/mol. The smallest absolute Gasteiger partial charge is 0.497 e. The van der Waals surface area contributed by atoms with E-state index < -0.39 is 17.9 Å². The molecule has 1 aliphatic rings. The Kier molecular flexibility index (Phi) is 7.51. The summed E-state index contributed by atoms with van der Waals surface area (Å²) in [4.78, 5) is 24.6. The molecule has 1 saturated carbocycles. The molecule has 1 unspecified atom stereocenters. The average Bonchev–Trinajstić information content (AvgIpc) is 2.61. The van der Waals surface area contributed by atoms with E-state index in [-0.39, 0.29) is 18.2 Å². The van der Waals surface area contributed by atoms with E-state index >= 15 is 0 Å². The van der Waals surface area contributed by atoms with Crippen molar-refractivity contribution in [1.82, 2.24) is 0 Å². The number of amides is 1. The van der Waals surface area contributed by atoms with Crippen LogP contribution < -0.4 is 10.1 Å². The molecular weight excluding hydrogens is 346 g/mol. The van der Waals surface area contributed by atoms with Crippen molar-refractivity contribution in [2.24, 2.45) is 5.92 Å². The molecule has 0 spiro atoms. The number of benzene rings is 1. The fourth-order valence-corrected chi connectivity index (χ4v) is 3.28. The van der Waals surface area contributed by atoms with Gasteiger partial charge in [0.25, 0.3) is 0 Å². The first-order valence-electron chi connectivity index (χ1n) is 9.60. The number of rotatable bonds is 6. The summed E-state index contributed by atoms with van der Waals surface area (Å²) in [5.41, 5.74) is 0.0555. The minimum atomic E-state index is -0.713. The first kappa shape index (κ1) is 21.1. The van der Waals surface area contributed by atoms with E-state index in [1.807, 2.05) is 0 Å². The number of carbonyl (C=O) groups is 2. The Morgan fingerprint density at radius 2 is 1.74 bits per heavy atom. The number of ether oxygens (including phenoxy) is 3. The molecule has 6 heteroatoms. The molecule has 1 amide bonds. The quantitative estimate of drug-likeness (QED) is 0.712. The summed E-state index contributed by atoms with van der Waals surface area (Å²) in [6, 6.07) is 7.12. The van der Waals surface area contributed by atoms with Crippen molar-refractivity contribution in [3.8, 4) is 5.75 Å². The van der Waals surface area contributed by atoms with E-state index in [4.69, 9.17) is 14.2 Å². The highest BCUT2D eigenvalue weighted by atomic mass is 16.7. The Morgan fingerprint density at radius 1 is 1.11 bits per heavy atom. The normalized spacial score (nSPS) is 16.3. The monoisotopic (exact) mass is 377 g/mol. The van der Waals surface area contributed by atoms with E-state index in [9.17, 15) is 9.59 Å². The van der Waals surface area contributed by atoms with Crippen LogP contribution in [0.2, 0.25) is 0 Å². The summed E-state index contributed by atoms with van der Waals surface area (Å²) >= 11 is 0. The molecule has 0 saturated heterocycles. The number of hydrogen-bond acceptors (Lipinski definition) is 5. The molecule has 1 fully saturated rings. The van der Waals surface area contributed by atoms with Gasteiger partial charge in [-0.15, -0.1) is 0 Å². The van der Waals surface area contributed by atoms with E-state index in [2.05, 4.69) is 5.32 Å². The molecular formula is C21H31NO5. The molecule has 150 valence electrons. The third-order valence-corrected chi connectivity index (χ3v) is 4.57. The van der Waals surface area contributed by atoms with Crippen molar-refractivity contribution in [3.63, 3.8) is 0 Å². The first-order chi connectivity index (χ1) is 12.8. The van der Waals surface area contributed by atoms with Gasteiger partial charge in [0.15, 0.2) is 0 Å². The lowest BCUT2D eigenvalue weighted by molar-refractivity contribution is -0.120. The van der Waals surface area contributed by atoms with Gasteiger partial charge in [-0.1, -0.05) is 19.3 Å². The minimum Gasteiger partial charge on any atom is -0.497 e. The molecule has 1 atom stereocenters. The second kappa shape index (κ2) is 9.62. The van der Waals surface area contributed by atoms with E-state index in [0.29, 0.717) is 5.69 Å². The second-order valence-electron chi connectivity index (χ2n) is 8.00. The van der Waals surface area contributed by atoms with Gasteiger partial charge in [-0.05, 0) is 63.8 Å². The zero-order valence-corrected chi connectivity index (χ0v) is 16.7. The van der Waals surface area contributed by atoms with Crippen molar-refractivity contribution in [1.29, 1.82) is 0 Å². The van der Waals surface area contributed by atoms with Gasteiger partial charge in [0, 0.05) is 5.69 Å². The highest BCUT2D eigenvalue weighted by Gasteiger charge is 2.31. The van der Waals surface area contributed by atoms with Gasteiger partial charge in [-0.3, -0.25) is 4.79 Å². The fourth-order valence-electron chi connectivity index (χ4n) is 3.28. The van der Waals surface area contributed by atoms with Gasteiger partial charge in [0.05, 0.1) is 13.5 Å². The predicted octanol–water partition coefficient (Wildman–Crippen LogP) is 4.92. The summed E-state index contributed by atoms with van der Waals surface area (Å²) in [6.07, 6.45) is 4.24. The summed E-state index contributed by atoms with van der Waals surface area (Å²) in [7, 11) is 1.59. The van der Waals surface area contributed by atoms with Crippen LogP contribution >= 0.6 is 0 Å². The Labute approximate surface area is 161 Å². The highest BCUT2D eigenvalue weighted by Crippen LogP contribution is 2.30. The maximum absolute atomic E-state index is 12.5. The molecule has 0 bridgehead atoms. The summed E-state index contributed by atoms with van der Waals surface area (Å²) in [5.74, 6) is 0.730. The lowest BCUT2D eigenvalue weighted by Gasteiger charge is -2.30. The van der Waals surface area contributed by atoms with E-state index in [0.717, 1.165) is 31.4 Å². The minimum absolute atomic E-state index is 0.121. The summed E-state index contributed by atoms with van der Waals surface area (Å²) in [6.45, 7) is 5.38. The first-order valence-corrected chi connectivity index (χ1v) is 9.60. The Morgan fingerprint density at radius 3 is 2.30 bits per heavy atom. The second-order valence-corrected chi connectivity index (χ2v) is 8.00. The van der Waals surface area contributed by atoms with Crippen molar-refractivity contribution < 1.29 is 23.8 Å². The maximum Gasteiger partial charge on any atom is 0.509 e. The van der Waals surface area contributed by atoms with Gasteiger partial charge in [-0.2, -0.15) is 0 Å². The van der Waals surface area contributed by atoms with Crippen molar-refractivity contribution in [2.45, 2.75) is 71.0 Å². The standard InChI is InChI=1S/C21H31NO5/c1-21(2,3)27-20(24)26-18(15-8-6-5-7-9-15)14-19(23)22-16-10-12-17(25-4)13-11-16/h10-13,15,18H,5-9,14H2,1-4H3,(H,22,23). The van der Waals surface area contributed by atoms with Crippen LogP contribution in [-0.4, -0.2) is 30.9 Å². The van der Waals surface area contributed by atoms with Crippen LogP contribution in [0.4, 0.5) is 10.5 Å².